The lowest BCUT2D eigenvalue weighted by Gasteiger charge is -2.08. The van der Waals surface area contributed by atoms with Gasteiger partial charge in [-0.05, 0) is 32.0 Å². The van der Waals surface area contributed by atoms with E-state index < -0.39 is 0 Å². The minimum atomic E-state index is 0.112. The van der Waals surface area contributed by atoms with Gasteiger partial charge >= 0.3 is 0 Å². The Kier molecular flexibility index (Phi) is 4.53. The van der Waals surface area contributed by atoms with E-state index in [2.05, 4.69) is 15.6 Å². The van der Waals surface area contributed by atoms with E-state index in [1.54, 1.807) is 6.26 Å². The van der Waals surface area contributed by atoms with Crippen LogP contribution in [0.3, 0.4) is 0 Å². The molecule has 0 radical (unpaired) electrons. The van der Waals surface area contributed by atoms with Crippen LogP contribution in [0.2, 0.25) is 0 Å². The number of carbonyl (C=O) groups excluding carboxylic acids is 1. The van der Waals surface area contributed by atoms with Gasteiger partial charge in [0.1, 0.15) is 6.26 Å². The largest absolute Gasteiger partial charge is 0.444 e. The van der Waals surface area contributed by atoms with E-state index >= 15 is 0 Å². The van der Waals surface area contributed by atoms with Crippen LogP contribution in [0, 0.1) is 12.8 Å². The second kappa shape index (κ2) is 6.75. The number of oxazole rings is 1. The minimum absolute atomic E-state index is 0.112. The van der Waals surface area contributed by atoms with Gasteiger partial charge in [0.25, 0.3) is 0 Å². The highest BCUT2D eigenvalue weighted by molar-refractivity contribution is 5.79. The highest BCUT2D eigenvalue weighted by atomic mass is 16.3. The van der Waals surface area contributed by atoms with Crippen LogP contribution in [0.5, 0.6) is 0 Å². The molecule has 1 atom stereocenters. The van der Waals surface area contributed by atoms with E-state index in [1.165, 1.54) is 5.56 Å². The molecular weight excluding hydrogens is 278 g/mol. The molecular formula is C17H21N3O2. The van der Waals surface area contributed by atoms with Gasteiger partial charge in [-0.3, -0.25) is 4.79 Å². The van der Waals surface area contributed by atoms with Crippen molar-refractivity contribution in [3.05, 3.63) is 41.8 Å². The Morgan fingerprint density at radius 3 is 2.95 bits per heavy atom. The third-order valence-electron chi connectivity index (χ3n) is 3.96. The fourth-order valence-corrected chi connectivity index (χ4v) is 2.59. The van der Waals surface area contributed by atoms with Gasteiger partial charge in [-0.1, -0.05) is 17.7 Å². The van der Waals surface area contributed by atoms with E-state index in [0.29, 0.717) is 18.9 Å². The molecule has 3 rings (SSSR count). The number of nitrogens with zero attached hydrogens (tertiary/aromatic N) is 1. The first-order valence-electron chi connectivity index (χ1n) is 7.72. The Morgan fingerprint density at radius 1 is 1.41 bits per heavy atom. The molecule has 1 amide bonds. The summed E-state index contributed by atoms with van der Waals surface area (Å²) in [4.78, 5) is 16.4. The molecule has 1 aromatic heterocycles. The third-order valence-corrected chi connectivity index (χ3v) is 3.96. The molecule has 0 saturated carbocycles. The first-order valence-corrected chi connectivity index (χ1v) is 7.72. The van der Waals surface area contributed by atoms with Crippen molar-refractivity contribution in [3.63, 3.8) is 0 Å². The van der Waals surface area contributed by atoms with Crippen LogP contribution in [-0.2, 0) is 11.2 Å². The summed E-state index contributed by atoms with van der Waals surface area (Å²) in [5.74, 6) is 0.869. The van der Waals surface area contributed by atoms with Gasteiger partial charge < -0.3 is 15.1 Å². The van der Waals surface area contributed by atoms with Gasteiger partial charge in [-0.15, -0.1) is 0 Å². The number of nitrogens with one attached hydrogen (secondary N) is 2. The summed E-state index contributed by atoms with van der Waals surface area (Å²) >= 11 is 0. The number of amides is 1. The minimum Gasteiger partial charge on any atom is -0.444 e. The average molecular weight is 299 g/mol. The number of aryl methyl sites for hydroxylation is 1. The molecule has 1 aromatic carbocycles. The monoisotopic (exact) mass is 299 g/mol. The van der Waals surface area contributed by atoms with E-state index in [9.17, 15) is 4.79 Å². The molecule has 5 heteroatoms. The van der Waals surface area contributed by atoms with Gasteiger partial charge in [0.2, 0.25) is 11.8 Å². The van der Waals surface area contributed by atoms with E-state index in [-0.39, 0.29) is 11.8 Å². The van der Waals surface area contributed by atoms with Crippen LogP contribution in [0.1, 0.15) is 17.7 Å². The Bertz CT molecular complexity index is 628. The molecule has 1 unspecified atom stereocenters. The number of aromatic nitrogens is 1. The Morgan fingerprint density at radius 2 is 2.23 bits per heavy atom. The van der Waals surface area contributed by atoms with Crippen LogP contribution >= 0.6 is 0 Å². The van der Waals surface area contributed by atoms with Crippen molar-refractivity contribution in [2.24, 2.45) is 5.92 Å². The molecule has 2 heterocycles. The highest BCUT2D eigenvalue weighted by Gasteiger charge is 2.21. The normalized spacial score (nSPS) is 17.6. The van der Waals surface area contributed by atoms with Crippen molar-refractivity contribution in [1.29, 1.82) is 0 Å². The lowest BCUT2D eigenvalue weighted by molar-refractivity contribution is -0.124. The fourth-order valence-electron chi connectivity index (χ4n) is 2.59. The predicted octanol–water partition coefficient (Wildman–Crippen LogP) is 1.92. The molecule has 116 valence electrons. The van der Waals surface area contributed by atoms with Crippen molar-refractivity contribution in [2.45, 2.75) is 19.8 Å². The molecule has 1 aliphatic heterocycles. The molecule has 2 aromatic rings. The van der Waals surface area contributed by atoms with Crippen LogP contribution in [0.15, 0.2) is 34.9 Å². The second-order valence-electron chi connectivity index (χ2n) is 5.74. The summed E-state index contributed by atoms with van der Waals surface area (Å²) in [7, 11) is 0. The standard InChI is InChI=1S/C17H21N3O2/c1-12-2-4-13(5-3-12)17-20-15(11-22-17)7-9-19-16(21)14-6-8-18-10-14/h2-5,11,14,18H,6-10H2,1H3,(H,19,21). The molecule has 0 aliphatic carbocycles. The van der Waals surface area contributed by atoms with Crippen molar-refractivity contribution in [1.82, 2.24) is 15.6 Å². The molecule has 1 saturated heterocycles. The number of rotatable bonds is 5. The van der Waals surface area contributed by atoms with Crippen LogP contribution in [-0.4, -0.2) is 30.5 Å². The second-order valence-corrected chi connectivity index (χ2v) is 5.74. The Balaban J connectivity index is 1.51. The number of benzene rings is 1. The van der Waals surface area contributed by atoms with Crippen molar-refractivity contribution in [2.75, 3.05) is 19.6 Å². The van der Waals surface area contributed by atoms with E-state index in [1.807, 2.05) is 31.2 Å². The smallest absolute Gasteiger partial charge is 0.226 e. The van der Waals surface area contributed by atoms with Crippen molar-refractivity contribution in [3.8, 4) is 11.5 Å². The zero-order chi connectivity index (χ0) is 15.4. The van der Waals surface area contributed by atoms with E-state index in [4.69, 9.17) is 4.42 Å². The first-order chi connectivity index (χ1) is 10.7. The lowest BCUT2D eigenvalue weighted by atomic mass is 10.1. The zero-order valence-electron chi connectivity index (χ0n) is 12.8. The van der Waals surface area contributed by atoms with Crippen LogP contribution in [0.25, 0.3) is 11.5 Å². The Hall–Kier alpha value is -2.14. The number of carbonyl (C=O) groups is 1. The summed E-state index contributed by atoms with van der Waals surface area (Å²) in [6.07, 6.45) is 3.27. The average Bonchev–Trinajstić information content (AvgIpc) is 3.19. The predicted molar refractivity (Wildman–Crippen MR) is 84.4 cm³/mol. The van der Waals surface area contributed by atoms with Gasteiger partial charge in [-0.25, -0.2) is 4.98 Å². The van der Waals surface area contributed by atoms with Crippen molar-refractivity contribution >= 4 is 5.91 Å². The molecule has 22 heavy (non-hydrogen) atoms. The molecule has 5 nitrogen and oxygen atoms in total. The SMILES string of the molecule is Cc1ccc(-c2nc(CCNC(=O)C3CCNC3)co2)cc1. The summed E-state index contributed by atoms with van der Waals surface area (Å²) < 4.78 is 5.51. The zero-order valence-corrected chi connectivity index (χ0v) is 12.8. The van der Waals surface area contributed by atoms with Gasteiger partial charge in [-0.2, -0.15) is 0 Å². The number of hydrogen-bond donors (Lipinski definition) is 2. The highest BCUT2D eigenvalue weighted by Crippen LogP contribution is 2.19. The number of hydrogen-bond acceptors (Lipinski definition) is 4. The van der Waals surface area contributed by atoms with Crippen LogP contribution in [0.4, 0.5) is 0 Å². The van der Waals surface area contributed by atoms with Crippen molar-refractivity contribution < 1.29 is 9.21 Å². The lowest BCUT2D eigenvalue weighted by Crippen LogP contribution is -2.33. The molecule has 1 aliphatic rings. The fraction of sp³-hybridized carbons (Fsp3) is 0.412. The molecule has 2 N–H and O–H groups in total. The maximum Gasteiger partial charge on any atom is 0.226 e. The molecule has 0 bridgehead atoms. The maximum absolute atomic E-state index is 11.9. The summed E-state index contributed by atoms with van der Waals surface area (Å²) in [5, 5.41) is 6.17. The van der Waals surface area contributed by atoms with E-state index in [0.717, 1.165) is 30.8 Å². The summed E-state index contributed by atoms with van der Waals surface area (Å²) in [6.45, 7) is 4.36. The van der Waals surface area contributed by atoms with Crippen LogP contribution < -0.4 is 10.6 Å². The summed E-state index contributed by atoms with van der Waals surface area (Å²) in [5.41, 5.74) is 3.04. The van der Waals surface area contributed by atoms with Gasteiger partial charge in [0.05, 0.1) is 11.6 Å². The summed E-state index contributed by atoms with van der Waals surface area (Å²) in [6, 6.07) is 8.07. The first kappa shape index (κ1) is 14.8. The van der Waals surface area contributed by atoms with Gasteiger partial charge in [0, 0.05) is 25.1 Å². The molecule has 0 spiro atoms. The Labute approximate surface area is 130 Å². The molecule has 1 fully saturated rings. The third kappa shape index (κ3) is 3.54. The quantitative estimate of drug-likeness (QED) is 0.885. The topological polar surface area (TPSA) is 67.2 Å². The maximum atomic E-state index is 11.9. The van der Waals surface area contributed by atoms with Gasteiger partial charge in [0.15, 0.2) is 0 Å².